The monoisotopic (exact) mass is 271 g/mol. The quantitative estimate of drug-likeness (QED) is 0.764. The predicted octanol–water partition coefficient (Wildman–Crippen LogP) is 3.75. The Balaban J connectivity index is 1.79. The normalized spacial score (nSPS) is 30.2. The van der Waals surface area contributed by atoms with Gasteiger partial charge < -0.3 is 4.90 Å². The van der Waals surface area contributed by atoms with Crippen LogP contribution in [0.2, 0.25) is 0 Å². The molecule has 2 heterocycles. The van der Waals surface area contributed by atoms with Gasteiger partial charge in [0, 0.05) is 23.6 Å². The van der Waals surface area contributed by atoms with Crippen LogP contribution < -0.4 is 0 Å². The van der Waals surface area contributed by atoms with Crippen LogP contribution in [0.4, 0.5) is 0 Å². The Morgan fingerprint density at radius 1 is 1.10 bits per heavy atom. The Labute approximate surface area is 122 Å². The number of hydrogen-bond acceptors (Lipinski definition) is 2. The molecule has 0 spiro atoms. The third-order valence-electron chi connectivity index (χ3n) is 5.50. The van der Waals surface area contributed by atoms with Crippen LogP contribution >= 0.6 is 0 Å². The van der Waals surface area contributed by atoms with Gasteiger partial charge in [0.15, 0.2) is 5.78 Å². The first-order valence-corrected chi connectivity index (χ1v) is 7.89. The highest BCUT2D eigenvalue weighted by molar-refractivity contribution is 5.98. The van der Waals surface area contributed by atoms with Crippen LogP contribution in [0.5, 0.6) is 0 Å². The Hall–Kier alpha value is -1.15. The summed E-state index contributed by atoms with van der Waals surface area (Å²) in [6, 6.07) is 7.43. The highest BCUT2D eigenvalue weighted by atomic mass is 16.1. The van der Waals surface area contributed by atoms with Crippen molar-refractivity contribution in [2.75, 3.05) is 7.05 Å². The van der Waals surface area contributed by atoms with Gasteiger partial charge in [-0.1, -0.05) is 18.6 Å². The Morgan fingerprint density at radius 2 is 1.75 bits per heavy atom. The number of aryl methyl sites for hydroxylation is 2. The molecule has 0 aromatic heterocycles. The van der Waals surface area contributed by atoms with E-state index >= 15 is 0 Å². The van der Waals surface area contributed by atoms with Gasteiger partial charge in [-0.3, -0.25) is 4.79 Å². The molecule has 2 atom stereocenters. The van der Waals surface area contributed by atoms with E-state index in [0.717, 1.165) is 18.4 Å². The number of piperidine rings is 2. The summed E-state index contributed by atoms with van der Waals surface area (Å²) in [5.41, 5.74) is 3.41. The van der Waals surface area contributed by atoms with Crippen LogP contribution in [-0.4, -0.2) is 29.8 Å². The lowest BCUT2D eigenvalue weighted by Crippen LogP contribution is -2.51. The molecular formula is C18H25NO. The molecule has 2 unspecified atom stereocenters. The first-order valence-electron chi connectivity index (χ1n) is 7.89. The van der Waals surface area contributed by atoms with E-state index in [9.17, 15) is 4.79 Å². The van der Waals surface area contributed by atoms with Gasteiger partial charge in [-0.25, -0.2) is 0 Å². The van der Waals surface area contributed by atoms with Gasteiger partial charge in [-0.15, -0.1) is 0 Å². The first kappa shape index (κ1) is 13.8. The number of fused-ring (bicyclic) bond motifs is 2. The van der Waals surface area contributed by atoms with Crippen LogP contribution in [-0.2, 0) is 0 Å². The third-order valence-corrected chi connectivity index (χ3v) is 5.50. The number of rotatable bonds is 2. The summed E-state index contributed by atoms with van der Waals surface area (Å²) < 4.78 is 0. The minimum atomic E-state index is 0.239. The largest absolute Gasteiger partial charge is 0.300 e. The summed E-state index contributed by atoms with van der Waals surface area (Å²) in [6.07, 6.45) is 5.98. The van der Waals surface area contributed by atoms with Crippen LogP contribution in [0.25, 0.3) is 0 Å². The number of carbonyl (C=O) groups excluding carboxylic acids is 1. The van der Waals surface area contributed by atoms with Gasteiger partial charge in [-0.2, -0.15) is 0 Å². The van der Waals surface area contributed by atoms with E-state index in [-0.39, 0.29) is 5.92 Å². The van der Waals surface area contributed by atoms with Gasteiger partial charge in [0.25, 0.3) is 0 Å². The zero-order valence-corrected chi connectivity index (χ0v) is 12.9. The van der Waals surface area contributed by atoms with E-state index in [2.05, 4.69) is 37.9 Å². The van der Waals surface area contributed by atoms with Gasteiger partial charge in [0.1, 0.15) is 0 Å². The molecule has 2 saturated heterocycles. The number of hydrogen-bond donors (Lipinski definition) is 0. The summed E-state index contributed by atoms with van der Waals surface area (Å²) >= 11 is 0. The second-order valence-electron chi connectivity index (χ2n) is 6.74. The molecule has 0 amide bonds. The number of carbonyl (C=O) groups is 1. The molecule has 2 fully saturated rings. The van der Waals surface area contributed by atoms with Crippen molar-refractivity contribution in [1.82, 2.24) is 4.90 Å². The molecule has 0 radical (unpaired) electrons. The number of Topliss-reactive ketones (excluding diaryl/α,β-unsaturated/α-hetero) is 1. The van der Waals surface area contributed by atoms with E-state index in [1.54, 1.807) is 0 Å². The van der Waals surface area contributed by atoms with Gasteiger partial charge in [-0.05, 0) is 63.8 Å². The number of nitrogens with zero attached hydrogens (tertiary/aromatic N) is 1. The fourth-order valence-corrected chi connectivity index (χ4v) is 3.96. The molecule has 2 aliphatic heterocycles. The van der Waals surface area contributed by atoms with Crippen LogP contribution in [0.3, 0.4) is 0 Å². The lowest BCUT2D eigenvalue weighted by atomic mass is 9.76. The van der Waals surface area contributed by atoms with Crippen LogP contribution in [0, 0.1) is 19.8 Å². The smallest absolute Gasteiger partial charge is 0.166 e. The van der Waals surface area contributed by atoms with Crippen molar-refractivity contribution in [1.29, 1.82) is 0 Å². The van der Waals surface area contributed by atoms with E-state index in [1.807, 2.05) is 6.07 Å². The Morgan fingerprint density at radius 3 is 2.35 bits per heavy atom. The fourth-order valence-electron chi connectivity index (χ4n) is 3.96. The molecule has 0 aliphatic carbocycles. The molecule has 2 heteroatoms. The van der Waals surface area contributed by atoms with E-state index in [4.69, 9.17) is 0 Å². The zero-order valence-electron chi connectivity index (χ0n) is 12.9. The van der Waals surface area contributed by atoms with Gasteiger partial charge >= 0.3 is 0 Å². The number of benzene rings is 1. The standard InChI is InChI=1S/C18H25NO/c1-12-7-8-14(9-13(12)2)18(20)15-10-16-5-4-6-17(11-15)19(16)3/h7-9,15-17H,4-6,10-11H2,1-3H3. The Kier molecular flexibility index (Phi) is 3.68. The minimum Gasteiger partial charge on any atom is -0.300 e. The summed E-state index contributed by atoms with van der Waals surface area (Å²) in [5, 5.41) is 0. The number of ketones is 1. The van der Waals surface area contributed by atoms with Crippen molar-refractivity contribution >= 4 is 5.78 Å². The summed E-state index contributed by atoms with van der Waals surface area (Å²) in [6.45, 7) is 4.19. The molecule has 0 N–H and O–H groups in total. The van der Waals surface area contributed by atoms with Crippen LogP contribution in [0.1, 0.15) is 53.6 Å². The van der Waals surface area contributed by atoms with Gasteiger partial charge in [0.2, 0.25) is 0 Å². The third kappa shape index (κ3) is 2.42. The van der Waals surface area contributed by atoms with Crippen LogP contribution in [0.15, 0.2) is 18.2 Å². The summed E-state index contributed by atoms with van der Waals surface area (Å²) in [5.74, 6) is 0.613. The molecule has 2 bridgehead atoms. The van der Waals surface area contributed by atoms with Crippen molar-refractivity contribution in [3.05, 3.63) is 34.9 Å². The maximum atomic E-state index is 12.8. The zero-order chi connectivity index (χ0) is 14.3. The molecule has 3 rings (SSSR count). The highest BCUT2D eigenvalue weighted by Gasteiger charge is 2.38. The molecule has 2 aliphatic rings. The Bertz CT molecular complexity index is 508. The van der Waals surface area contributed by atoms with Crippen molar-refractivity contribution < 1.29 is 4.79 Å². The SMILES string of the molecule is Cc1ccc(C(=O)C2CC3CCCC(C2)N3C)cc1C. The van der Waals surface area contributed by atoms with Crippen molar-refractivity contribution in [3.63, 3.8) is 0 Å². The average Bonchev–Trinajstić information content (AvgIpc) is 2.41. The maximum Gasteiger partial charge on any atom is 0.166 e. The maximum absolute atomic E-state index is 12.8. The predicted molar refractivity (Wildman–Crippen MR) is 82.2 cm³/mol. The lowest BCUT2D eigenvalue weighted by Gasteiger charge is -2.46. The molecular weight excluding hydrogens is 246 g/mol. The van der Waals surface area contributed by atoms with E-state index in [0.29, 0.717) is 17.9 Å². The molecule has 108 valence electrons. The molecule has 20 heavy (non-hydrogen) atoms. The summed E-state index contributed by atoms with van der Waals surface area (Å²) in [7, 11) is 2.24. The minimum absolute atomic E-state index is 0.239. The van der Waals surface area contributed by atoms with Crippen molar-refractivity contribution in [2.45, 2.75) is 58.0 Å². The lowest BCUT2D eigenvalue weighted by molar-refractivity contribution is 0.0338. The second kappa shape index (κ2) is 5.33. The molecule has 2 nitrogen and oxygen atoms in total. The van der Waals surface area contributed by atoms with Gasteiger partial charge in [0.05, 0.1) is 0 Å². The van der Waals surface area contributed by atoms with E-state index in [1.165, 1.54) is 30.4 Å². The molecule has 1 aromatic carbocycles. The first-order chi connectivity index (χ1) is 9.56. The highest BCUT2D eigenvalue weighted by Crippen LogP contribution is 2.37. The fraction of sp³-hybridized carbons (Fsp3) is 0.611. The summed E-state index contributed by atoms with van der Waals surface area (Å²) in [4.78, 5) is 15.3. The topological polar surface area (TPSA) is 20.3 Å². The average molecular weight is 271 g/mol. The molecule has 0 saturated carbocycles. The van der Waals surface area contributed by atoms with E-state index < -0.39 is 0 Å². The van der Waals surface area contributed by atoms with Crippen molar-refractivity contribution in [2.24, 2.45) is 5.92 Å². The van der Waals surface area contributed by atoms with Crippen molar-refractivity contribution in [3.8, 4) is 0 Å². The molecule has 1 aromatic rings. The second-order valence-corrected chi connectivity index (χ2v) is 6.74.